The summed E-state index contributed by atoms with van der Waals surface area (Å²) in [4.78, 5) is 22.7. The first-order valence-electron chi connectivity index (χ1n) is 6.98. The van der Waals surface area contributed by atoms with Gasteiger partial charge < -0.3 is 10.1 Å². The van der Waals surface area contributed by atoms with Gasteiger partial charge in [-0.25, -0.2) is 0 Å². The number of hydrogen-bond acceptors (Lipinski definition) is 3. The minimum Gasteiger partial charge on any atom is -0.466 e. The van der Waals surface area contributed by atoms with Gasteiger partial charge in [0.2, 0.25) is 5.91 Å². The van der Waals surface area contributed by atoms with Crippen LogP contribution in [-0.2, 0) is 14.3 Å². The predicted octanol–water partition coefficient (Wildman–Crippen LogP) is 2.42. The van der Waals surface area contributed by atoms with Gasteiger partial charge in [0, 0.05) is 13.0 Å². The fourth-order valence-electron chi connectivity index (χ4n) is 2.43. The lowest BCUT2D eigenvalue weighted by Gasteiger charge is -2.33. The van der Waals surface area contributed by atoms with Gasteiger partial charge >= 0.3 is 5.97 Å². The molecule has 104 valence electrons. The zero-order valence-electron chi connectivity index (χ0n) is 11.6. The number of nitrogens with one attached hydrogen (secondary N) is 1. The van der Waals surface area contributed by atoms with Gasteiger partial charge in [0.1, 0.15) is 0 Å². The average molecular weight is 255 g/mol. The van der Waals surface area contributed by atoms with Crippen molar-refractivity contribution >= 4 is 11.9 Å². The van der Waals surface area contributed by atoms with Crippen LogP contribution in [0, 0.1) is 5.41 Å². The molecule has 1 amide bonds. The maximum absolute atomic E-state index is 11.6. The third-order valence-electron chi connectivity index (χ3n) is 3.63. The molecule has 1 N–H and O–H groups in total. The van der Waals surface area contributed by atoms with E-state index in [4.69, 9.17) is 4.74 Å². The highest BCUT2D eigenvalue weighted by molar-refractivity contribution is 5.81. The van der Waals surface area contributed by atoms with E-state index in [9.17, 15) is 9.59 Å². The summed E-state index contributed by atoms with van der Waals surface area (Å²) in [5.74, 6) is -0.341. The number of ether oxygens (including phenoxy) is 1. The number of carbonyl (C=O) groups is 2. The molecule has 0 aliphatic heterocycles. The molecule has 0 atom stereocenters. The number of rotatable bonds is 6. The minimum absolute atomic E-state index is 0.0464. The molecule has 4 nitrogen and oxygen atoms in total. The lowest BCUT2D eigenvalue weighted by Crippen LogP contribution is -2.37. The molecule has 1 saturated carbocycles. The minimum atomic E-state index is -0.295. The molecule has 0 radical (unpaired) electrons. The molecular weight excluding hydrogens is 230 g/mol. The molecule has 1 rings (SSSR count). The molecular formula is C14H25NO3. The summed E-state index contributed by atoms with van der Waals surface area (Å²) >= 11 is 0. The van der Waals surface area contributed by atoms with E-state index in [0.717, 1.165) is 6.54 Å². The van der Waals surface area contributed by atoms with Crippen molar-refractivity contribution in [2.75, 3.05) is 13.2 Å². The van der Waals surface area contributed by atoms with Crippen LogP contribution in [0.2, 0.25) is 0 Å². The van der Waals surface area contributed by atoms with Gasteiger partial charge in [-0.2, -0.15) is 0 Å². The van der Waals surface area contributed by atoms with E-state index in [1.54, 1.807) is 6.92 Å². The van der Waals surface area contributed by atoms with Crippen molar-refractivity contribution in [1.29, 1.82) is 0 Å². The molecule has 0 saturated heterocycles. The Hall–Kier alpha value is -1.06. The fourth-order valence-corrected chi connectivity index (χ4v) is 2.43. The van der Waals surface area contributed by atoms with Crippen molar-refractivity contribution < 1.29 is 14.3 Å². The van der Waals surface area contributed by atoms with Crippen LogP contribution >= 0.6 is 0 Å². The maximum Gasteiger partial charge on any atom is 0.306 e. The molecule has 1 fully saturated rings. The quantitative estimate of drug-likeness (QED) is 0.742. The zero-order chi connectivity index (χ0) is 13.4. The van der Waals surface area contributed by atoms with Crippen molar-refractivity contribution in [3.8, 4) is 0 Å². The van der Waals surface area contributed by atoms with Crippen molar-refractivity contribution in [2.24, 2.45) is 5.41 Å². The highest BCUT2D eigenvalue weighted by Crippen LogP contribution is 2.34. The third-order valence-corrected chi connectivity index (χ3v) is 3.63. The average Bonchev–Trinajstić information content (AvgIpc) is 2.35. The Morgan fingerprint density at radius 1 is 1.17 bits per heavy atom. The number of esters is 1. The number of hydrogen-bond donors (Lipinski definition) is 1. The smallest absolute Gasteiger partial charge is 0.306 e. The molecule has 0 aromatic carbocycles. The number of amides is 1. The topological polar surface area (TPSA) is 55.4 Å². The second kappa shape index (κ2) is 7.39. The van der Waals surface area contributed by atoms with E-state index in [2.05, 4.69) is 12.2 Å². The Balaban J connectivity index is 2.18. The predicted molar refractivity (Wildman–Crippen MR) is 70.1 cm³/mol. The first-order chi connectivity index (χ1) is 8.56. The lowest BCUT2D eigenvalue weighted by atomic mass is 9.76. The lowest BCUT2D eigenvalue weighted by molar-refractivity contribution is -0.144. The van der Waals surface area contributed by atoms with Crippen LogP contribution in [0.3, 0.4) is 0 Å². The van der Waals surface area contributed by atoms with E-state index in [1.807, 2.05) is 0 Å². The maximum atomic E-state index is 11.6. The van der Waals surface area contributed by atoms with E-state index in [-0.39, 0.29) is 30.1 Å². The largest absolute Gasteiger partial charge is 0.466 e. The Labute approximate surface area is 109 Å². The normalized spacial score (nSPS) is 18.1. The van der Waals surface area contributed by atoms with E-state index < -0.39 is 0 Å². The molecule has 18 heavy (non-hydrogen) atoms. The van der Waals surface area contributed by atoms with Crippen molar-refractivity contribution in [2.45, 2.75) is 58.8 Å². The van der Waals surface area contributed by atoms with Crippen molar-refractivity contribution in [3.63, 3.8) is 0 Å². The fraction of sp³-hybridized carbons (Fsp3) is 0.857. The van der Waals surface area contributed by atoms with Gasteiger partial charge in [0.15, 0.2) is 0 Å². The van der Waals surface area contributed by atoms with Crippen LogP contribution in [0.1, 0.15) is 58.8 Å². The van der Waals surface area contributed by atoms with E-state index in [0.29, 0.717) is 6.61 Å². The van der Waals surface area contributed by atoms with Crippen LogP contribution in [0.4, 0.5) is 0 Å². The molecule has 4 heteroatoms. The molecule has 0 aromatic rings. The molecule has 0 heterocycles. The molecule has 0 unspecified atom stereocenters. The molecule has 0 bridgehead atoms. The van der Waals surface area contributed by atoms with Crippen LogP contribution in [0.15, 0.2) is 0 Å². The Morgan fingerprint density at radius 2 is 1.83 bits per heavy atom. The Bertz CT molecular complexity index is 283. The summed E-state index contributed by atoms with van der Waals surface area (Å²) in [6, 6.07) is 0. The number of carbonyl (C=O) groups excluding carboxylic acids is 2. The standard InChI is InChI=1S/C14H25NO3/c1-3-18-13(17)8-7-12(16)15-11-14(2)9-5-4-6-10-14/h3-11H2,1-2H3,(H,15,16). The Kier molecular flexibility index (Phi) is 6.16. The first-order valence-corrected chi connectivity index (χ1v) is 6.98. The SMILES string of the molecule is CCOC(=O)CCC(=O)NCC1(C)CCCCC1. The highest BCUT2D eigenvalue weighted by atomic mass is 16.5. The second-order valence-corrected chi connectivity index (χ2v) is 5.45. The van der Waals surface area contributed by atoms with Gasteiger partial charge in [-0.05, 0) is 25.2 Å². The van der Waals surface area contributed by atoms with Gasteiger partial charge in [-0.3, -0.25) is 9.59 Å². The second-order valence-electron chi connectivity index (χ2n) is 5.45. The van der Waals surface area contributed by atoms with Crippen LogP contribution in [-0.4, -0.2) is 25.0 Å². The van der Waals surface area contributed by atoms with Crippen LogP contribution in [0.5, 0.6) is 0 Å². The summed E-state index contributed by atoms with van der Waals surface area (Å²) in [6.07, 6.45) is 6.61. The van der Waals surface area contributed by atoms with Gasteiger partial charge in [-0.1, -0.05) is 26.2 Å². The summed E-state index contributed by atoms with van der Waals surface area (Å²) in [7, 11) is 0. The van der Waals surface area contributed by atoms with Crippen LogP contribution < -0.4 is 5.32 Å². The Morgan fingerprint density at radius 3 is 2.44 bits per heavy atom. The van der Waals surface area contributed by atoms with Crippen molar-refractivity contribution in [1.82, 2.24) is 5.32 Å². The molecule has 0 aromatic heterocycles. The van der Waals surface area contributed by atoms with Crippen LogP contribution in [0.25, 0.3) is 0 Å². The summed E-state index contributed by atoms with van der Waals surface area (Å²) in [6.45, 7) is 5.10. The molecule has 1 aliphatic rings. The first kappa shape index (κ1) is 15.0. The summed E-state index contributed by atoms with van der Waals surface area (Å²) in [5, 5.41) is 2.94. The molecule has 1 aliphatic carbocycles. The van der Waals surface area contributed by atoms with Gasteiger partial charge in [-0.15, -0.1) is 0 Å². The van der Waals surface area contributed by atoms with Gasteiger partial charge in [0.25, 0.3) is 0 Å². The van der Waals surface area contributed by atoms with Gasteiger partial charge in [0.05, 0.1) is 13.0 Å². The molecule has 0 spiro atoms. The highest BCUT2D eigenvalue weighted by Gasteiger charge is 2.26. The summed E-state index contributed by atoms with van der Waals surface area (Å²) < 4.78 is 4.79. The summed E-state index contributed by atoms with van der Waals surface area (Å²) in [5.41, 5.74) is 0.248. The third kappa shape index (κ3) is 5.52. The zero-order valence-corrected chi connectivity index (χ0v) is 11.6. The monoisotopic (exact) mass is 255 g/mol. The van der Waals surface area contributed by atoms with Crippen molar-refractivity contribution in [3.05, 3.63) is 0 Å². The van der Waals surface area contributed by atoms with E-state index in [1.165, 1.54) is 32.1 Å². The van der Waals surface area contributed by atoms with E-state index >= 15 is 0 Å².